The van der Waals surface area contributed by atoms with E-state index < -0.39 is 0 Å². The van der Waals surface area contributed by atoms with Crippen LogP contribution in [0.5, 0.6) is 75.4 Å². The Morgan fingerprint density at radius 2 is 0.496 bits per heavy atom. The molecule has 10 heterocycles. The zero-order chi connectivity index (χ0) is 79.1. The fraction of sp³-hybridized carbons (Fsp3) is 0.0875. The zero-order valence-corrected chi connectivity index (χ0v) is 62.5. The number of nitrogens with one attached hydrogen (secondary N) is 5. The molecule has 0 aliphatic rings. The first-order valence-electron chi connectivity index (χ1n) is 35.0. The molecule has 0 aliphatic carbocycles. The molecular formula is C80H71N25O10. The minimum atomic E-state index is 0.446. The predicted octanol–water partition coefficient (Wildman–Crippen LogP) is 14.8. The maximum Gasteiger partial charge on any atom is 0.250 e. The molecule has 115 heavy (non-hydrogen) atoms. The van der Waals surface area contributed by atoms with Crippen LogP contribution >= 0.6 is 0 Å². The van der Waals surface area contributed by atoms with E-state index >= 15 is 0 Å². The van der Waals surface area contributed by atoms with E-state index in [4.69, 9.17) is 47.4 Å². The number of nitrogens with zero attached hydrogens (tertiary/aromatic N) is 20. The van der Waals surface area contributed by atoms with Crippen molar-refractivity contribution in [3.05, 3.63) is 273 Å². The Morgan fingerprint density at radius 1 is 0.209 bits per heavy atom. The van der Waals surface area contributed by atoms with Gasteiger partial charge in [-0.2, -0.15) is 22.6 Å². The topological polar surface area (TPSA) is 368 Å². The fourth-order valence-corrected chi connectivity index (χ4v) is 10.6. The van der Waals surface area contributed by atoms with Gasteiger partial charge in [-0.25, -0.2) is 0 Å². The van der Waals surface area contributed by atoms with E-state index in [1.165, 1.54) is 0 Å². The van der Waals surface area contributed by atoms with E-state index in [-0.39, 0.29) is 0 Å². The number of ether oxygens (including phenoxy) is 10. The maximum atomic E-state index is 5.77. The SMILES string of the molecule is COc1ccc(Nc2nnc3ccc(OC)nn23)cc1.COc1ccc(Nc2nnc3ccc(Oc4ccccc4)nn23)cc1.COc1cccc(Nc2nnc3ccc(OC)nn23)c1.COc1cccc(Nc2nnc3ccc(Oc4ccccc4)nn23)c1.COc1ccccc1Nc1nnc2ccc(Oc3ccccc3)nn12. The fourth-order valence-electron chi connectivity index (χ4n) is 10.6. The highest BCUT2D eigenvalue weighted by molar-refractivity contribution is 5.65. The maximum absolute atomic E-state index is 5.77. The van der Waals surface area contributed by atoms with E-state index in [0.29, 0.717) is 110 Å². The summed E-state index contributed by atoms with van der Waals surface area (Å²) in [6.45, 7) is 0. The highest BCUT2D eigenvalue weighted by Crippen LogP contribution is 2.30. The minimum absolute atomic E-state index is 0.446. The Labute approximate surface area is 654 Å². The second-order valence-electron chi connectivity index (χ2n) is 23.7. The molecule has 18 aromatic rings. The van der Waals surface area contributed by atoms with Gasteiger partial charge >= 0.3 is 0 Å². The van der Waals surface area contributed by atoms with Crippen molar-refractivity contribution in [2.45, 2.75) is 0 Å². The molecule has 0 unspecified atom stereocenters. The van der Waals surface area contributed by atoms with Gasteiger partial charge < -0.3 is 74.0 Å². The predicted molar refractivity (Wildman–Crippen MR) is 428 cm³/mol. The van der Waals surface area contributed by atoms with E-state index in [9.17, 15) is 0 Å². The third-order valence-corrected chi connectivity index (χ3v) is 16.2. The van der Waals surface area contributed by atoms with Gasteiger partial charge in [0.25, 0.3) is 29.7 Å². The number of para-hydroxylation sites is 5. The molecule has 35 heteroatoms. The first kappa shape index (κ1) is 75.3. The van der Waals surface area contributed by atoms with Crippen molar-refractivity contribution in [1.29, 1.82) is 0 Å². The van der Waals surface area contributed by atoms with Crippen molar-refractivity contribution >= 4 is 86.4 Å². The lowest BCUT2D eigenvalue weighted by Crippen LogP contribution is -2.02. The molecule has 0 radical (unpaired) electrons. The molecule has 0 fully saturated rings. The quantitative estimate of drug-likeness (QED) is 0.0397. The smallest absolute Gasteiger partial charge is 0.250 e. The number of hydrogen-bond acceptors (Lipinski definition) is 30. The van der Waals surface area contributed by atoms with Crippen molar-refractivity contribution in [2.24, 2.45) is 0 Å². The average molecular weight is 1540 g/mol. The third kappa shape index (κ3) is 19.3. The molecule has 0 atom stereocenters. The van der Waals surface area contributed by atoms with Gasteiger partial charge in [-0.1, -0.05) is 78.9 Å². The normalized spacial score (nSPS) is 10.6. The molecule has 0 saturated heterocycles. The highest BCUT2D eigenvalue weighted by Gasteiger charge is 2.16. The molecule has 35 nitrogen and oxygen atoms in total. The van der Waals surface area contributed by atoms with Crippen LogP contribution in [0, 0.1) is 0 Å². The third-order valence-electron chi connectivity index (χ3n) is 16.2. The second-order valence-corrected chi connectivity index (χ2v) is 23.7. The summed E-state index contributed by atoms with van der Waals surface area (Å²) < 4.78 is 61.5. The molecule has 0 saturated carbocycles. The molecular weight excluding hydrogens is 1470 g/mol. The summed E-state index contributed by atoms with van der Waals surface area (Å²) in [7, 11) is 11.3. The highest BCUT2D eigenvalue weighted by atomic mass is 16.5. The van der Waals surface area contributed by atoms with Crippen molar-refractivity contribution in [3.63, 3.8) is 0 Å². The van der Waals surface area contributed by atoms with Crippen molar-refractivity contribution in [3.8, 4) is 75.4 Å². The van der Waals surface area contributed by atoms with Crippen molar-refractivity contribution in [2.75, 3.05) is 76.4 Å². The minimum Gasteiger partial charge on any atom is -0.497 e. The Hall–Kier alpha value is -16.5. The summed E-state index contributed by atoms with van der Waals surface area (Å²) in [5, 5.41) is 78.6. The first-order valence-corrected chi connectivity index (χ1v) is 35.0. The van der Waals surface area contributed by atoms with Crippen LogP contribution in [0.4, 0.5) is 58.2 Å². The molecule has 8 aromatic carbocycles. The molecule has 576 valence electrons. The summed E-state index contributed by atoms with van der Waals surface area (Å²) >= 11 is 0. The van der Waals surface area contributed by atoms with Crippen molar-refractivity contribution < 1.29 is 47.4 Å². The van der Waals surface area contributed by atoms with Crippen LogP contribution in [0.3, 0.4) is 0 Å². The van der Waals surface area contributed by atoms with Gasteiger partial charge in [-0.05, 0) is 152 Å². The van der Waals surface area contributed by atoms with Gasteiger partial charge in [0.05, 0.1) is 55.5 Å². The lowest BCUT2D eigenvalue weighted by atomic mass is 10.3. The van der Waals surface area contributed by atoms with Crippen LogP contribution < -0.4 is 74.0 Å². The van der Waals surface area contributed by atoms with Crippen LogP contribution in [0.15, 0.2) is 273 Å². The number of anilines is 10. The number of aromatic nitrogens is 20. The number of methoxy groups -OCH3 is 7. The van der Waals surface area contributed by atoms with Gasteiger partial charge in [0.1, 0.15) is 46.0 Å². The Morgan fingerprint density at radius 3 is 0.817 bits per heavy atom. The summed E-state index contributed by atoms with van der Waals surface area (Å²) in [4.78, 5) is 0. The van der Waals surface area contributed by atoms with Crippen LogP contribution in [0.1, 0.15) is 0 Å². The molecule has 5 N–H and O–H groups in total. The average Bonchev–Trinajstić information content (AvgIpc) is 1.68. The van der Waals surface area contributed by atoms with E-state index in [0.717, 1.165) is 51.4 Å². The lowest BCUT2D eigenvalue weighted by Gasteiger charge is -2.09. The first-order chi connectivity index (χ1) is 56.6. The van der Waals surface area contributed by atoms with Gasteiger partial charge in [-0.3, -0.25) is 0 Å². The van der Waals surface area contributed by atoms with Gasteiger partial charge in [0, 0.05) is 65.2 Å². The Kier molecular flexibility index (Phi) is 24.0. The number of benzene rings is 8. The summed E-state index contributed by atoms with van der Waals surface area (Å²) in [5.41, 5.74) is 7.28. The van der Waals surface area contributed by atoms with Gasteiger partial charge in [-0.15, -0.1) is 76.5 Å². The van der Waals surface area contributed by atoms with Gasteiger partial charge in [0.15, 0.2) is 28.2 Å². The van der Waals surface area contributed by atoms with Crippen molar-refractivity contribution in [1.82, 2.24) is 99.1 Å². The number of fused-ring (bicyclic) bond motifs is 5. The van der Waals surface area contributed by atoms with E-state index in [2.05, 4.69) is 103 Å². The molecule has 18 rings (SSSR count). The monoisotopic (exact) mass is 1540 g/mol. The summed E-state index contributed by atoms with van der Waals surface area (Å²) in [5.74, 6) is 10.7. The zero-order valence-electron chi connectivity index (χ0n) is 62.5. The second kappa shape index (κ2) is 36.6. The molecule has 0 aliphatic heterocycles. The molecule has 0 bridgehead atoms. The van der Waals surface area contributed by atoms with Crippen LogP contribution in [-0.2, 0) is 0 Å². The molecule has 10 aromatic heterocycles. The Bertz CT molecular complexity index is 6180. The Balaban J connectivity index is 0.000000119. The number of rotatable bonds is 23. The van der Waals surface area contributed by atoms with Gasteiger partial charge in [0.2, 0.25) is 29.4 Å². The van der Waals surface area contributed by atoms with Crippen LogP contribution in [-0.4, -0.2) is 149 Å². The summed E-state index contributed by atoms with van der Waals surface area (Å²) in [6.07, 6.45) is 0. The van der Waals surface area contributed by atoms with Crippen LogP contribution in [0.2, 0.25) is 0 Å². The number of hydrogen-bond donors (Lipinski definition) is 5. The van der Waals surface area contributed by atoms with E-state index in [1.807, 2.05) is 212 Å². The largest absolute Gasteiger partial charge is 0.497 e. The van der Waals surface area contributed by atoms with Crippen LogP contribution in [0.25, 0.3) is 28.2 Å². The lowest BCUT2D eigenvalue weighted by molar-refractivity contribution is 0.390. The molecule has 0 spiro atoms. The standard InChI is InChI=1S/3C18H15N5O2.2C13H13N5O2/c1-24-15-9-5-6-13(12-15)19-18-21-20-16-10-11-17(22-23(16)18)25-14-7-3-2-4-8-14;1-24-15-10-6-5-9-14(15)19-18-21-20-16-11-12-17(22-23(16)18)25-13-7-3-2-4-8-13;1-24-14-9-7-13(8-10-14)19-18-21-20-16-11-12-17(22-23(16)18)25-15-5-3-2-4-6-15;1-19-10-5-3-9(4-6-10)14-13-16-15-11-7-8-12(20-2)17-18(11)13;1-19-10-5-3-4-9(8-10)14-13-16-15-11-6-7-12(20-2)17-18(11)13/h3*2-12H,1H3,(H,19,21);2*3-8H,1-2H3,(H,14,16). The molecule has 0 amide bonds. The summed E-state index contributed by atoms with van der Waals surface area (Å²) in [6, 6.07) is 83.8. The van der Waals surface area contributed by atoms with E-state index in [1.54, 1.807) is 133 Å².